The highest BCUT2D eigenvalue weighted by Crippen LogP contribution is 2.28. The quantitative estimate of drug-likeness (QED) is 0.650. The van der Waals surface area contributed by atoms with Crippen LogP contribution >= 0.6 is 15.9 Å². The monoisotopic (exact) mass is 334 g/mol. The molecular formula is C11H7BrN6O2. The van der Waals surface area contributed by atoms with E-state index in [1.807, 2.05) is 6.07 Å². The maximum absolute atomic E-state index is 10.9. The van der Waals surface area contributed by atoms with Gasteiger partial charge in [0.2, 0.25) is 11.8 Å². The van der Waals surface area contributed by atoms with Crippen LogP contribution in [0.15, 0.2) is 28.9 Å². The minimum Gasteiger partial charge on any atom is -0.368 e. The third-order valence-electron chi connectivity index (χ3n) is 2.34. The van der Waals surface area contributed by atoms with Gasteiger partial charge in [-0.15, -0.1) is 0 Å². The number of nitriles is 1. The first-order valence-corrected chi connectivity index (χ1v) is 6.04. The molecule has 8 nitrogen and oxygen atoms in total. The van der Waals surface area contributed by atoms with Crippen LogP contribution in [-0.2, 0) is 0 Å². The fourth-order valence-electron chi connectivity index (χ4n) is 1.46. The van der Waals surface area contributed by atoms with E-state index in [9.17, 15) is 10.1 Å². The predicted molar refractivity (Wildman–Crippen MR) is 75.2 cm³/mol. The Morgan fingerprint density at radius 1 is 1.50 bits per heavy atom. The maximum Gasteiger partial charge on any atom is 0.329 e. The number of aromatic nitrogens is 2. The van der Waals surface area contributed by atoms with Gasteiger partial charge in [-0.2, -0.15) is 10.2 Å². The Balaban J connectivity index is 2.47. The Kier molecular flexibility index (Phi) is 3.76. The molecule has 0 aliphatic carbocycles. The van der Waals surface area contributed by atoms with Gasteiger partial charge in [-0.05, 0) is 18.2 Å². The molecule has 20 heavy (non-hydrogen) atoms. The molecule has 0 bridgehead atoms. The zero-order valence-electron chi connectivity index (χ0n) is 9.87. The zero-order valence-corrected chi connectivity index (χ0v) is 11.5. The Hall–Kier alpha value is -2.73. The highest BCUT2D eigenvalue weighted by Gasteiger charge is 2.17. The largest absolute Gasteiger partial charge is 0.368 e. The molecule has 2 aromatic rings. The summed E-state index contributed by atoms with van der Waals surface area (Å²) < 4.78 is 0.719. The molecule has 100 valence electrons. The number of nitrogens with two attached hydrogens (primary N) is 1. The van der Waals surface area contributed by atoms with E-state index < -0.39 is 4.92 Å². The average Bonchev–Trinajstić information content (AvgIpc) is 2.40. The van der Waals surface area contributed by atoms with Crippen LogP contribution in [0.5, 0.6) is 0 Å². The lowest BCUT2D eigenvalue weighted by Gasteiger charge is -2.08. The number of benzene rings is 1. The summed E-state index contributed by atoms with van der Waals surface area (Å²) in [6.45, 7) is 0. The van der Waals surface area contributed by atoms with Crippen molar-refractivity contribution in [3.05, 3.63) is 44.5 Å². The van der Waals surface area contributed by atoms with E-state index in [1.54, 1.807) is 18.2 Å². The van der Waals surface area contributed by atoms with Crippen molar-refractivity contribution >= 4 is 39.1 Å². The van der Waals surface area contributed by atoms with Gasteiger partial charge in [-0.1, -0.05) is 15.9 Å². The highest BCUT2D eigenvalue weighted by molar-refractivity contribution is 9.10. The lowest BCUT2D eigenvalue weighted by molar-refractivity contribution is -0.384. The van der Waals surface area contributed by atoms with Gasteiger partial charge in [0.05, 0.1) is 16.2 Å². The minimum atomic E-state index is -0.632. The number of nitro groups is 1. The summed E-state index contributed by atoms with van der Waals surface area (Å²) in [4.78, 5) is 17.6. The molecule has 0 aliphatic rings. The van der Waals surface area contributed by atoms with Crippen molar-refractivity contribution in [2.75, 3.05) is 11.1 Å². The summed E-state index contributed by atoms with van der Waals surface area (Å²) in [7, 11) is 0. The maximum atomic E-state index is 10.9. The minimum absolute atomic E-state index is 0.0682. The Morgan fingerprint density at radius 3 is 2.90 bits per heavy atom. The number of halogens is 1. The van der Waals surface area contributed by atoms with Gasteiger partial charge in [0, 0.05) is 4.47 Å². The average molecular weight is 335 g/mol. The number of nitrogens with zero attached hydrogens (tertiary/aromatic N) is 4. The van der Waals surface area contributed by atoms with E-state index >= 15 is 0 Å². The second kappa shape index (κ2) is 5.50. The van der Waals surface area contributed by atoms with Crippen LogP contribution in [0.4, 0.5) is 23.1 Å². The molecule has 1 heterocycles. The van der Waals surface area contributed by atoms with Gasteiger partial charge >= 0.3 is 5.69 Å². The van der Waals surface area contributed by atoms with Gasteiger partial charge in [0.1, 0.15) is 12.3 Å². The van der Waals surface area contributed by atoms with E-state index in [-0.39, 0.29) is 17.5 Å². The van der Waals surface area contributed by atoms with Crippen molar-refractivity contribution in [2.45, 2.75) is 0 Å². The molecular weight excluding hydrogens is 328 g/mol. The van der Waals surface area contributed by atoms with Crippen molar-refractivity contribution < 1.29 is 4.92 Å². The number of nitrogens with one attached hydrogen (secondary N) is 1. The molecule has 0 aliphatic heterocycles. The molecule has 0 amide bonds. The fraction of sp³-hybridized carbons (Fsp3) is 0. The molecule has 0 atom stereocenters. The van der Waals surface area contributed by atoms with Gasteiger partial charge in [0.25, 0.3) is 0 Å². The first-order valence-electron chi connectivity index (χ1n) is 5.25. The Morgan fingerprint density at radius 2 is 2.25 bits per heavy atom. The predicted octanol–water partition coefficient (Wildman–Crippen LogP) is 2.34. The molecule has 1 aromatic carbocycles. The normalized spacial score (nSPS) is 9.80. The lowest BCUT2D eigenvalue weighted by Crippen LogP contribution is -2.04. The van der Waals surface area contributed by atoms with Gasteiger partial charge in [0.15, 0.2) is 0 Å². The van der Waals surface area contributed by atoms with Crippen LogP contribution in [0.1, 0.15) is 5.56 Å². The fourth-order valence-corrected chi connectivity index (χ4v) is 1.82. The molecule has 0 saturated carbocycles. The van der Waals surface area contributed by atoms with Crippen LogP contribution in [0.2, 0.25) is 0 Å². The second-order valence-electron chi connectivity index (χ2n) is 3.65. The van der Waals surface area contributed by atoms with Crippen LogP contribution < -0.4 is 11.1 Å². The summed E-state index contributed by atoms with van der Waals surface area (Å²) in [5.74, 6) is -0.171. The smallest absolute Gasteiger partial charge is 0.329 e. The van der Waals surface area contributed by atoms with Crippen molar-refractivity contribution in [3.63, 3.8) is 0 Å². The molecule has 0 spiro atoms. The first kappa shape index (κ1) is 13.7. The van der Waals surface area contributed by atoms with E-state index in [1.165, 1.54) is 0 Å². The van der Waals surface area contributed by atoms with Gasteiger partial charge in [-0.3, -0.25) is 10.1 Å². The molecule has 0 unspecified atom stereocenters. The molecule has 2 rings (SSSR count). The molecule has 0 radical (unpaired) electrons. The van der Waals surface area contributed by atoms with Crippen LogP contribution in [0.3, 0.4) is 0 Å². The summed E-state index contributed by atoms with van der Waals surface area (Å²) in [5.41, 5.74) is 5.79. The van der Waals surface area contributed by atoms with Crippen LogP contribution in [0, 0.1) is 21.4 Å². The molecule has 1 aromatic heterocycles. The Labute approximate surface area is 121 Å². The summed E-state index contributed by atoms with van der Waals surface area (Å²) in [6, 6.07) is 6.86. The Bertz CT molecular complexity index is 727. The summed E-state index contributed by atoms with van der Waals surface area (Å²) >= 11 is 3.24. The van der Waals surface area contributed by atoms with Crippen LogP contribution in [-0.4, -0.2) is 14.9 Å². The molecule has 9 heteroatoms. The topological polar surface area (TPSA) is 131 Å². The van der Waals surface area contributed by atoms with E-state index in [4.69, 9.17) is 11.0 Å². The highest BCUT2D eigenvalue weighted by atomic mass is 79.9. The van der Waals surface area contributed by atoms with Gasteiger partial charge < -0.3 is 11.1 Å². The van der Waals surface area contributed by atoms with E-state index in [0.717, 1.165) is 10.7 Å². The lowest BCUT2D eigenvalue weighted by atomic mass is 10.2. The van der Waals surface area contributed by atoms with E-state index in [0.29, 0.717) is 11.3 Å². The summed E-state index contributed by atoms with van der Waals surface area (Å²) in [5, 5.41) is 22.7. The van der Waals surface area contributed by atoms with Gasteiger partial charge in [-0.25, -0.2) is 4.98 Å². The second-order valence-corrected chi connectivity index (χ2v) is 4.56. The third kappa shape index (κ3) is 2.81. The molecule has 0 fully saturated rings. The summed E-state index contributed by atoms with van der Waals surface area (Å²) in [6.07, 6.45) is 1.01. The number of nitrogen functional groups attached to an aromatic ring is 1. The van der Waals surface area contributed by atoms with Crippen LogP contribution in [0.25, 0.3) is 0 Å². The third-order valence-corrected chi connectivity index (χ3v) is 2.83. The molecule has 3 N–H and O–H groups in total. The number of hydrogen-bond donors (Lipinski definition) is 2. The number of hydrogen-bond acceptors (Lipinski definition) is 7. The SMILES string of the molecule is N#Cc1cc(Br)ccc1Nc1nc(N)ncc1[N+](=O)[O-]. The number of anilines is 3. The van der Waals surface area contributed by atoms with Crippen molar-refractivity contribution in [3.8, 4) is 6.07 Å². The molecule has 0 saturated heterocycles. The van der Waals surface area contributed by atoms with Crippen molar-refractivity contribution in [1.29, 1.82) is 5.26 Å². The first-order chi connectivity index (χ1) is 9.51. The van der Waals surface area contributed by atoms with Crippen molar-refractivity contribution in [2.24, 2.45) is 0 Å². The number of rotatable bonds is 3. The van der Waals surface area contributed by atoms with E-state index in [2.05, 4.69) is 31.2 Å². The zero-order chi connectivity index (χ0) is 14.7. The van der Waals surface area contributed by atoms with Crippen molar-refractivity contribution in [1.82, 2.24) is 9.97 Å². The standard InChI is InChI=1S/C11H7BrN6O2/c12-7-1-2-8(6(3-7)4-13)16-10-9(18(19)20)5-15-11(14)17-10/h1-3,5H,(H3,14,15,16,17).